The van der Waals surface area contributed by atoms with Gasteiger partial charge in [-0.25, -0.2) is 0 Å². The molecule has 0 saturated carbocycles. The van der Waals surface area contributed by atoms with Crippen LogP contribution in [0.15, 0.2) is 48.5 Å². The van der Waals surface area contributed by atoms with Crippen molar-refractivity contribution in [3.8, 4) is 5.75 Å². The monoisotopic (exact) mass is 424 g/mol. The van der Waals surface area contributed by atoms with Crippen LogP contribution in [0.1, 0.15) is 24.0 Å². The zero-order valence-electron chi connectivity index (χ0n) is 15.3. The zero-order chi connectivity index (χ0) is 20.5. The molecular weight excluding hydrogens is 403 g/mol. The van der Waals surface area contributed by atoms with Gasteiger partial charge in [0.15, 0.2) is 0 Å². The third kappa shape index (κ3) is 7.17. The second kappa shape index (κ2) is 11.1. The van der Waals surface area contributed by atoms with E-state index in [2.05, 4.69) is 4.74 Å². The fourth-order valence-electron chi connectivity index (χ4n) is 2.50. The summed E-state index contributed by atoms with van der Waals surface area (Å²) < 4.78 is 10.3. The highest BCUT2D eigenvalue weighted by molar-refractivity contribution is 6.35. The molecule has 7 heteroatoms. The van der Waals surface area contributed by atoms with Crippen molar-refractivity contribution in [3.05, 3.63) is 69.7 Å². The third-order valence-electron chi connectivity index (χ3n) is 3.92. The number of benzene rings is 2. The van der Waals surface area contributed by atoms with Gasteiger partial charge in [-0.15, -0.1) is 0 Å². The predicted molar refractivity (Wildman–Crippen MR) is 110 cm³/mol. The van der Waals surface area contributed by atoms with Crippen molar-refractivity contribution in [1.29, 1.82) is 0 Å². The van der Waals surface area contributed by atoms with Gasteiger partial charge in [-0.3, -0.25) is 4.79 Å². The molecule has 0 fully saturated rings. The maximum Gasteiger partial charge on any atom is 0.308 e. The van der Waals surface area contributed by atoms with E-state index in [1.807, 2.05) is 30.3 Å². The topological polar surface area (TPSA) is 76.0 Å². The summed E-state index contributed by atoms with van der Waals surface area (Å²) in [5.74, 6) is -0.0686. The van der Waals surface area contributed by atoms with Crippen LogP contribution < -0.4 is 4.74 Å². The van der Waals surface area contributed by atoms with Crippen molar-refractivity contribution in [2.45, 2.75) is 31.7 Å². The van der Waals surface area contributed by atoms with E-state index >= 15 is 0 Å². The fraction of sp³-hybridized carbons (Fsp3) is 0.286. The zero-order valence-corrected chi connectivity index (χ0v) is 16.9. The minimum absolute atomic E-state index is 0.0169. The molecule has 0 bridgehead atoms. The fourth-order valence-corrected chi connectivity index (χ4v) is 3.04. The molecule has 0 aliphatic heterocycles. The summed E-state index contributed by atoms with van der Waals surface area (Å²) in [6.07, 6.45) is 0.889. The molecule has 28 heavy (non-hydrogen) atoms. The lowest BCUT2D eigenvalue weighted by Crippen LogP contribution is -2.20. The Morgan fingerprint density at radius 1 is 1.18 bits per heavy atom. The van der Waals surface area contributed by atoms with Crippen LogP contribution >= 0.6 is 23.2 Å². The van der Waals surface area contributed by atoms with Gasteiger partial charge in [0.1, 0.15) is 12.4 Å². The Morgan fingerprint density at radius 3 is 2.57 bits per heavy atom. The Kier molecular flexibility index (Phi) is 8.80. The number of methoxy groups -OCH3 is 1. The van der Waals surface area contributed by atoms with E-state index in [0.717, 1.165) is 5.56 Å². The molecule has 0 spiro atoms. The molecule has 5 nitrogen and oxygen atoms in total. The summed E-state index contributed by atoms with van der Waals surface area (Å²) in [7, 11) is 1.24. The van der Waals surface area contributed by atoms with Crippen molar-refractivity contribution in [2.75, 3.05) is 7.11 Å². The Bertz CT molecular complexity index is 808. The van der Waals surface area contributed by atoms with Crippen LogP contribution in [0.25, 0.3) is 6.08 Å². The molecule has 0 heterocycles. The summed E-state index contributed by atoms with van der Waals surface area (Å²) in [6, 6.07) is 12.9. The molecular formula is C21H22Cl2O5. The van der Waals surface area contributed by atoms with Crippen LogP contribution in [0.3, 0.4) is 0 Å². The number of halogens is 2. The lowest BCUT2D eigenvalue weighted by Gasteiger charge is -2.14. The van der Waals surface area contributed by atoms with E-state index in [-0.39, 0.29) is 12.8 Å². The number of aliphatic hydroxyl groups is 2. The predicted octanol–water partition coefficient (Wildman–Crippen LogP) is 4.26. The molecule has 0 aliphatic carbocycles. The molecule has 2 N–H and O–H groups in total. The molecule has 2 atom stereocenters. The molecule has 0 unspecified atom stereocenters. The highest BCUT2D eigenvalue weighted by atomic mass is 35.5. The van der Waals surface area contributed by atoms with Crippen LogP contribution in [0.4, 0.5) is 0 Å². The number of hydrogen-bond acceptors (Lipinski definition) is 5. The van der Waals surface area contributed by atoms with Gasteiger partial charge >= 0.3 is 5.97 Å². The first-order valence-corrected chi connectivity index (χ1v) is 9.41. The molecule has 2 aromatic carbocycles. The largest absolute Gasteiger partial charge is 0.488 e. The molecule has 0 amide bonds. The number of carbonyl (C=O) groups excluding carboxylic acids is 1. The Labute approximate surface area is 174 Å². The van der Waals surface area contributed by atoms with Crippen LogP contribution in [0.5, 0.6) is 5.75 Å². The van der Waals surface area contributed by atoms with E-state index in [0.29, 0.717) is 28.0 Å². The van der Waals surface area contributed by atoms with E-state index in [9.17, 15) is 15.0 Å². The van der Waals surface area contributed by atoms with Gasteiger partial charge in [-0.2, -0.15) is 0 Å². The van der Waals surface area contributed by atoms with Gasteiger partial charge in [0.2, 0.25) is 0 Å². The van der Waals surface area contributed by atoms with Gasteiger partial charge in [0.25, 0.3) is 0 Å². The molecule has 150 valence electrons. The summed E-state index contributed by atoms with van der Waals surface area (Å²) in [5, 5.41) is 20.7. The Hall–Kier alpha value is -2.05. The van der Waals surface area contributed by atoms with Crippen molar-refractivity contribution >= 4 is 35.2 Å². The van der Waals surface area contributed by atoms with Gasteiger partial charge in [-0.05, 0) is 17.7 Å². The summed E-state index contributed by atoms with van der Waals surface area (Å²) in [5.41, 5.74) is 1.54. The number of ether oxygens (including phenoxy) is 2. The van der Waals surface area contributed by atoms with Gasteiger partial charge in [0.05, 0.1) is 30.8 Å². The maximum atomic E-state index is 11.2. The van der Waals surface area contributed by atoms with E-state index < -0.39 is 18.2 Å². The molecule has 0 radical (unpaired) electrons. The van der Waals surface area contributed by atoms with Crippen molar-refractivity contribution in [3.63, 3.8) is 0 Å². The van der Waals surface area contributed by atoms with Gasteiger partial charge in [0, 0.05) is 17.0 Å². The minimum Gasteiger partial charge on any atom is -0.488 e. The number of esters is 1. The average Bonchev–Trinajstić information content (AvgIpc) is 2.65. The molecule has 0 saturated heterocycles. The lowest BCUT2D eigenvalue weighted by atomic mass is 10.1. The summed E-state index contributed by atoms with van der Waals surface area (Å²) in [4.78, 5) is 11.2. The standard InChI is InChI=1S/C21H22Cl2O5/c1-27-21(26)12-17(25)11-16(24)7-8-18-19(23)9-15(22)10-20(18)28-13-14-5-3-2-4-6-14/h2-10,16-17,24-25H,11-13H2,1H3/b8-7+/t16-,17+/m1/s1. The van der Waals surface area contributed by atoms with Crippen LogP contribution in [-0.4, -0.2) is 35.5 Å². The van der Waals surface area contributed by atoms with Gasteiger partial charge < -0.3 is 19.7 Å². The Morgan fingerprint density at radius 2 is 1.89 bits per heavy atom. The van der Waals surface area contributed by atoms with E-state index in [4.69, 9.17) is 27.9 Å². The first-order chi connectivity index (χ1) is 13.4. The van der Waals surface area contributed by atoms with E-state index in [1.165, 1.54) is 13.2 Å². The quantitative estimate of drug-likeness (QED) is 0.588. The smallest absolute Gasteiger partial charge is 0.308 e. The summed E-state index contributed by atoms with van der Waals surface area (Å²) in [6.45, 7) is 0.332. The van der Waals surface area contributed by atoms with E-state index in [1.54, 1.807) is 18.2 Å². The molecule has 0 aliphatic rings. The molecule has 0 aromatic heterocycles. The Balaban J connectivity index is 2.08. The van der Waals surface area contributed by atoms with Crippen LogP contribution in [-0.2, 0) is 16.1 Å². The van der Waals surface area contributed by atoms with Crippen LogP contribution in [0, 0.1) is 0 Å². The second-order valence-corrected chi connectivity index (χ2v) is 7.01. The van der Waals surface area contributed by atoms with Crippen LogP contribution in [0.2, 0.25) is 10.0 Å². The van der Waals surface area contributed by atoms with Crippen molar-refractivity contribution < 1.29 is 24.5 Å². The average molecular weight is 425 g/mol. The number of aliphatic hydroxyl groups excluding tert-OH is 2. The highest BCUT2D eigenvalue weighted by Gasteiger charge is 2.15. The highest BCUT2D eigenvalue weighted by Crippen LogP contribution is 2.33. The van der Waals surface area contributed by atoms with Crippen molar-refractivity contribution in [2.24, 2.45) is 0 Å². The molecule has 2 aromatic rings. The summed E-state index contributed by atoms with van der Waals surface area (Å²) >= 11 is 12.4. The number of carbonyl (C=O) groups is 1. The first-order valence-electron chi connectivity index (χ1n) is 8.66. The lowest BCUT2D eigenvalue weighted by molar-refractivity contribution is -0.143. The first kappa shape index (κ1) is 22.2. The normalized spacial score (nSPS) is 13.3. The SMILES string of the molecule is COC(=O)C[C@@H](O)C[C@H](O)/C=C/c1c(Cl)cc(Cl)cc1OCc1ccccc1. The number of hydrogen-bond donors (Lipinski definition) is 2. The maximum absolute atomic E-state index is 11.2. The minimum atomic E-state index is -1.01. The second-order valence-electron chi connectivity index (χ2n) is 6.17. The number of rotatable bonds is 9. The van der Waals surface area contributed by atoms with Crippen molar-refractivity contribution in [1.82, 2.24) is 0 Å². The third-order valence-corrected chi connectivity index (χ3v) is 4.45. The van der Waals surface area contributed by atoms with Gasteiger partial charge in [-0.1, -0.05) is 65.7 Å². The molecule has 2 rings (SSSR count).